The summed E-state index contributed by atoms with van der Waals surface area (Å²) in [7, 11) is 0. The molecule has 20 heavy (non-hydrogen) atoms. The lowest BCUT2D eigenvalue weighted by Crippen LogP contribution is -2.56. The van der Waals surface area contributed by atoms with Crippen LogP contribution in [0.2, 0.25) is 0 Å². The van der Waals surface area contributed by atoms with Crippen LogP contribution in [0.15, 0.2) is 30.3 Å². The van der Waals surface area contributed by atoms with Crippen LogP contribution >= 0.6 is 0 Å². The lowest BCUT2D eigenvalue weighted by atomic mass is 9.77. The van der Waals surface area contributed by atoms with E-state index in [0.29, 0.717) is 6.54 Å². The SMILES string of the molecule is CC1CCC(CN)(NC(=O)C(C)c2ccccc2)CC1. The highest BCUT2D eigenvalue weighted by Crippen LogP contribution is 2.32. The molecule has 0 aromatic heterocycles. The van der Waals surface area contributed by atoms with Crippen molar-refractivity contribution in [2.75, 3.05) is 6.54 Å². The number of amides is 1. The third kappa shape index (κ3) is 3.40. The number of hydrogen-bond acceptors (Lipinski definition) is 2. The molecular formula is C17H26N2O. The van der Waals surface area contributed by atoms with E-state index >= 15 is 0 Å². The first-order valence-corrected chi connectivity index (χ1v) is 7.63. The Balaban J connectivity index is 2.02. The molecule has 1 aromatic rings. The van der Waals surface area contributed by atoms with Crippen molar-refractivity contribution in [1.82, 2.24) is 5.32 Å². The van der Waals surface area contributed by atoms with Crippen molar-refractivity contribution < 1.29 is 4.79 Å². The highest BCUT2D eigenvalue weighted by Gasteiger charge is 2.35. The third-order valence-electron chi connectivity index (χ3n) is 4.70. The Hall–Kier alpha value is -1.35. The molecule has 0 heterocycles. The summed E-state index contributed by atoms with van der Waals surface area (Å²) < 4.78 is 0. The number of benzene rings is 1. The molecule has 1 unspecified atom stereocenters. The summed E-state index contributed by atoms with van der Waals surface area (Å²) in [5, 5.41) is 3.24. The van der Waals surface area contributed by atoms with Gasteiger partial charge in [-0.3, -0.25) is 4.79 Å². The minimum Gasteiger partial charge on any atom is -0.349 e. The van der Waals surface area contributed by atoms with Gasteiger partial charge < -0.3 is 11.1 Å². The van der Waals surface area contributed by atoms with Crippen LogP contribution in [0, 0.1) is 5.92 Å². The van der Waals surface area contributed by atoms with Crippen molar-refractivity contribution in [3.05, 3.63) is 35.9 Å². The van der Waals surface area contributed by atoms with Gasteiger partial charge in [-0.15, -0.1) is 0 Å². The van der Waals surface area contributed by atoms with Gasteiger partial charge in [0.15, 0.2) is 0 Å². The van der Waals surface area contributed by atoms with Gasteiger partial charge in [0.1, 0.15) is 0 Å². The number of carbonyl (C=O) groups excluding carboxylic acids is 1. The summed E-state index contributed by atoms with van der Waals surface area (Å²) in [4.78, 5) is 12.5. The molecule has 1 aliphatic carbocycles. The second-order valence-corrected chi connectivity index (χ2v) is 6.29. The molecule has 3 N–H and O–H groups in total. The predicted molar refractivity (Wildman–Crippen MR) is 82.4 cm³/mol. The molecule has 110 valence electrons. The molecule has 1 atom stereocenters. The minimum atomic E-state index is -0.188. The van der Waals surface area contributed by atoms with E-state index in [1.807, 2.05) is 37.3 Å². The van der Waals surface area contributed by atoms with Crippen molar-refractivity contribution >= 4 is 5.91 Å². The molecule has 0 aliphatic heterocycles. The topological polar surface area (TPSA) is 55.1 Å². The lowest BCUT2D eigenvalue weighted by Gasteiger charge is -2.40. The Morgan fingerprint density at radius 3 is 2.50 bits per heavy atom. The second-order valence-electron chi connectivity index (χ2n) is 6.29. The molecule has 0 spiro atoms. The monoisotopic (exact) mass is 274 g/mol. The molecule has 3 nitrogen and oxygen atoms in total. The van der Waals surface area contributed by atoms with Gasteiger partial charge in [0.25, 0.3) is 0 Å². The smallest absolute Gasteiger partial charge is 0.227 e. The van der Waals surface area contributed by atoms with Gasteiger partial charge in [-0.1, -0.05) is 37.3 Å². The maximum absolute atomic E-state index is 12.5. The van der Waals surface area contributed by atoms with Gasteiger partial charge in [-0.25, -0.2) is 0 Å². The van der Waals surface area contributed by atoms with Crippen LogP contribution in [-0.4, -0.2) is 18.0 Å². The lowest BCUT2D eigenvalue weighted by molar-refractivity contribution is -0.124. The normalized spacial score (nSPS) is 27.9. The first-order valence-electron chi connectivity index (χ1n) is 7.63. The maximum atomic E-state index is 12.5. The van der Waals surface area contributed by atoms with E-state index in [-0.39, 0.29) is 17.4 Å². The summed E-state index contributed by atoms with van der Waals surface area (Å²) >= 11 is 0. The first kappa shape index (κ1) is 15.0. The van der Waals surface area contributed by atoms with Gasteiger partial charge in [0.05, 0.1) is 11.5 Å². The molecule has 0 bridgehead atoms. The van der Waals surface area contributed by atoms with E-state index in [9.17, 15) is 4.79 Å². The van der Waals surface area contributed by atoms with Crippen LogP contribution < -0.4 is 11.1 Å². The van der Waals surface area contributed by atoms with Crippen LogP contribution in [-0.2, 0) is 4.79 Å². The van der Waals surface area contributed by atoms with Gasteiger partial charge in [0.2, 0.25) is 5.91 Å². The van der Waals surface area contributed by atoms with Crippen LogP contribution in [0.1, 0.15) is 51.0 Å². The standard InChI is InChI=1S/C17H26N2O/c1-13-8-10-17(12-18,11-9-13)19-16(20)14(2)15-6-4-3-5-7-15/h3-7,13-14H,8-12,18H2,1-2H3,(H,19,20). The summed E-state index contributed by atoms with van der Waals surface area (Å²) in [6.07, 6.45) is 4.30. The average molecular weight is 274 g/mol. The summed E-state index contributed by atoms with van der Waals surface area (Å²) in [5.74, 6) is 0.716. The number of carbonyl (C=O) groups is 1. The summed E-state index contributed by atoms with van der Waals surface area (Å²) in [5.41, 5.74) is 6.83. The number of hydrogen-bond donors (Lipinski definition) is 2. The highest BCUT2D eigenvalue weighted by molar-refractivity contribution is 5.83. The number of nitrogens with one attached hydrogen (secondary N) is 1. The molecular weight excluding hydrogens is 248 g/mol. The van der Waals surface area contributed by atoms with Crippen molar-refractivity contribution in [3.63, 3.8) is 0 Å². The maximum Gasteiger partial charge on any atom is 0.227 e. The molecule has 0 saturated heterocycles. The van der Waals surface area contributed by atoms with E-state index in [0.717, 1.165) is 37.2 Å². The van der Waals surface area contributed by atoms with Gasteiger partial charge in [-0.05, 0) is 44.1 Å². The fourth-order valence-corrected chi connectivity index (χ4v) is 2.96. The van der Waals surface area contributed by atoms with Crippen molar-refractivity contribution in [3.8, 4) is 0 Å². The van der Waals surface area contributed by atoms with Gasteiger partial charge >= 0.3 is 0 Å². The third-order valence-corrected chi connectivity index (χ3v) is 4.70. The van der Waals surface area contributed by atoms with E-state index in [4.69, 9.17) is 5.73 Å². The van der Waals surface area contributed by atoms with Crippen LogP contribution in [0.5, 0.6) is 0 Å². The Morgan fingerprint density at radius 1 is 1.35 bits per heavy atom. The van der Waals surface area contributed by atoms with E-state index in [2.05, 4.69) is 12.2 Å². The molecule has 1 fully saturated rings. The van der Waals surface area contributed by atoms with E-state index in [1.54, 1.807) is 0 Å². The zero-order valence-electron chi connectivity index (χ0n) is 12.6. The average Bonchev–Trinajstić information content (AvgIpc) is 2.50. The molecule has 1 aliphatic rings. The molecule has 1 saturated carbocycles. The van der Waals surface area contributed by atoms with Gasteiger partial charge in [0, 0.05) is 6.54 Å². The number of nitrogens with two attached hydrogens (primary N) is 1. The zero-order chi connectivity index (χ0) is 14.6. The quantitative estimate of drug-likeness (QED) is 0.887. The van der Waals surface area contributed by atoms with Crippen LogP contribution in [0.4, 0.5) is 0 Å². The predicted octanol–water partition coefficient (Wildman–Crippen LogP) is 2.81. The largest absolute Gasteiger partial charge is 0.349 e. The summed E-state index contributed by atoms with van der Waals surface area (Å²) in [6.45, 7) is 4.77. The molecule has 2 rings (SSSR count). The van der Waals surface area contributed by atoms with Crippen LogP contribution in [0.3, 0.4) is 0 Å². The van der Waals surface area contributed by atoms with E-state index in [1.165, 1.54) is 0 Å². The Morgan fingerprint density at radius 2 is 1.95 bits per heavy atom. The molecule has 3 heteroatoms. The Bertz CT molecular complexity index is 436. The van der Waals surface area contributed by atoms with Gasteiger partial charge in [-0.2, -0.15) is 0 Å². The van der Waals surface area contributed by atoms with Crippen molar-refractivity contribution in [2.24, 2.45) is 11.7 Å². The summed E-state index contributed by atoms with van der Waals surface area (Å²) in [6, 6.07) is 9.92. The van der Waals surface area contributed by atoms with Crippen LogP contribution in [0.25, 0.3) is 0 Å². The zero-order valence-corrected chi connectivity index (χ0v) is 12.6. The second kappa shape index (κ2) is 6.40. The first-order chi connectivity index (χ1) is 9.56. The van der Waals surface area contributed by atoms with Crippen molar-refractivity contribution in [1.29, 1.82) is 0 Å². The Kier molecular flexibility index (Phi) is 4.81. The van der Waals surface area contributed by atoms with E-state index < -0.39 is 0 Å². The molecule has 1 amide bonds. The fourth-order valence-electron chi connectivity index (χ4n) is 2.96. The Labute approximate surface area is 121 Å². The number of rotatable bonds is 4. The molecule has 1 aromatic carbocycles. The highest BCUT2D eigenvalue weighted by atomic mass is 16.2. The molecule has 0 radical (unpaired) electrons. The fraction of sp³-hybridized carbons (Fsp3) is 0.588. The minimum absolute atomic E-state index is 0.0937. The van der Waals surface area contributed by atoms with Crippen molar-refractivity contribution in [2.45, 2.75) is 51.0 Å².